The first-order valence-corrected chi connectivity index (χ1v) is 11.6. The molecule has 1 saturated heterocycles. The molecule has 1 amide bonds. The molecule has 1 aliphatic rings. The molecule has 0 saturated carbocycles. The Kier molecular flexibility index (Phi) is 7.47. The van der Waals surface area contributed by atoms with E-state index in [-0.39, 0.29) is 23.4 Å². The van der Waals surface area contributed by atoms with Crippen molar-refractivity contribution in [2.24, 2.45) is 0 Å². The largest absolute Gasteiger partial charge is 0.468 e. The molecular formula is C22H29N3O4S. The molecule has 1 aliphatic heterocycles. The van der Waals surface area contributed by atoms with Crippen LogP contribution < -0.4 is 10.0 Å². The highest BCUT2D eigenvalue weighted by Crippen LogP contribution is 2.14. The molecule has 0 aliphatic carbocycles. The number of carbonyl (C=O) groups is 1. The van der Waals surface area contributed by atoms with Gasteiger partial charge in [0.15, 0.2) is 0 Å². The van der Waals surface area contributed by atoms with Crippen LogP contribution in [0.1, 0.15) is 42.8 Å². The van der Waals surface area contributed by atoms with E-state index in [0.29, 0.717) is 11.3 Å². The van der Waals surface area contributed by atoms with Crippen molar-refractivity contribution in [1.82, 2.24) is 14.9 Å². The van der Waals surface area contributed by atoms with Gasteiger partial charge in [0.25, 0.3) is 5.91 Å². The SMILES string of the molecule is CC(C)=CCN1CCC(NC(=O)c2ccc(S(=O)(=O)NCc3ccco3)cc2)CC1. The zero-order valence-corrected chi connectivity index (χ0v) is 18.2. The summed E-state index contributed by atoms with van der Waals surface area (Å²) in [4.78, 5) is 15.0. The number of amides is 1. The van der Waals surface area contributed by atoms with Gasteiger partial charge in [-0.1, -0.05) is 11.6 Å². The second kappa shape index (κ2) is 10.1. The van der Waals surface area contributed by atoms with Gasteiger partial charge in [-0.3, -0.25) is 9.69 Å². The second-order valence-corrected chi connectivity index (χ2v) is 9.53. The van der Waals surface area contributed by atoms with Crippen LogP contribution in [0, 0.1) is 0 Å². The fourth-order valence-corrected chi connectivity index (χ4v) is 4.28. The van der Waals surface area contributed by atoms with E-state index in [1.807, 2.05) is 0 Å². The molecule has 8 heteroatoms. The van der Waals surface area contributed by atoms with Crippen LogP contribution in [0.25, 0.3) is 0 Å². The van der Waals surface area contributed by atoms with Gasteiger partial charge in [-0.05, 0) is 63.1 Å². The molecule has 0 unspecified atom stereocenters. The Hall–Kier alpha value is -2.42. The van der Waals surface area contributed by atoms with Crippen molar-refractivity contribution in [3.63, 3.8) is 0 Å². The summed E-state index contributed by atoms with van der Waals surface area (Å²) in [6, 6.07) is 9.51. The number of benzene rings is 1. The van der Waals surface area contributed by atoms with E-state index in [2.05, 4.69) is 34.9 Å². The zero-order valence-electron chi connectivity index (χ0n) is 17.4. The lowest BCUT2D eigenvalue weighted by Crippen LogP contribution is -2.44. The van der Waals surface area contributed by atoms with Gasteiger partial charge in [-0.15, -0.1) is 0 Å². The Morgan fingerprint density at radius 3 is 2.47 bits per heavy atom. The average Bonchev–Trinajstić information content (AvgIpc) is 3.26. The summed E-state index contributed by atoms with van der Waals surface area (Å²) in [7, 11) is -3.68. The molecule has 0 bridgehead atoms. The minimum Gasteiger partial charge on any atom is -0.468 e. The predicted molar refractivity (Wildman–Crippen MR) is 116 cm³/mol. The predicted octanol–water partition coefficient (Wildman–Crippen LogP) is 2.92. The van der Waals surface area contributed by atoms with Crippen molar-refractivity contribution >= 4 is 15.9 Å². The minimum absolute atomic E-state index is 0.0733. The zero-order chi connectivity index (χ0) is 21.6. The molecule has 1 fully saturated rings. The summed E-state index contributed by atoms with van der Waals surface area (Å²) < 4.78 is 32.4. The Balaban J connectivity index is 1.51. The molecular weight excluding hydrogens is 402 g/mol. The maximum Gasteiger partial charge on any atom is 0.251 e. The molecule has 3 rings (SSSR count). The smallest absolute Gasteiger partial charge is 0.251 e. The van der Waals surface area contributed by atoms with Gasteiger partial charge in [0.1, 0.15) is 5.76 Å². The number of furan rings is 1. The highest BCUT2D eigenvalue weighted by molar-refractivity contribution is 7.89. The van der Waals surface area contributed by atoms with Crippen molar-refractivity contribution in [3.8, 4) is 0 Å². The van der Waals surface area contributed by atoms with Gasteiger partial charge in [0, 0.05) is 31.2 Å². The Labute approximate surface area is 178 Å². The number of nitrogens with zero attached hydrogens (tertiary/aromatic N) is 1. The third-order valence-corrected chi connectivity index (χ3v) is 6.54. The number of likely N-dealkylation sites (tertiary alicyclic amines) is 1. The third-order valence-electron chi connectivity index (χ3n) is 5.12. The Morgan fingerprint density at radius 1 is 1.17 bits per heavy atom. The number of nitrogens with one attached hydrogen (secondary N) is 2. The van der Waals surface area contributed by atoms with E-state index < -0.39 is 10.0 Å². The van der Waals surface area contributed by atoms with Crippen molar-refractivity contribution in [3.05, 3.63) is 65.6 Å². The summed E-state index contributed by atoms with van der Waals surface area (Å²) in [5, 5.41) is 3.06. The number of rotatable bonds is 8. The summed E-state index contributed by atoms with van der Waals surface area (Å²) in [5.41, 5.74) is 1.76. The van der Waals surface area contributed by atoms with Gasteiger partial charge in [-0.2, -0.15) is 0 Å². The number of allylic oxidation sites excluding steroid dienone is 1. The quantitative estimate of drug-likeness (QED) is 0.627. The van der Waals surface area contributed by atoms with E-state index >= 15 is 0 Å². The van der Waals surface area contributed by atoms with Gasteiger partial charge < -0.3 is 9.73 Å². The highest BCUT2D eigenvalue weighted by Gasteiger charge is 2.21. The first kappa shape index (κ1) is 22.3. The molecule has 2 aromatic rings. The number of hydrogen-bond acceptors (Lipinski definition) is 5. The van der Waals surface area contributed by atoms with E-state index in [0.717, 1.165) is 32.5 Å². The molecule has 2 N–H and O–H groups in total. The van der Waals surface area contributed by atoms with Crippen molar-refractivity contribution in [1.29, 1.82) is 0 Å². The summed E-state index contributed by atoms with van der Waals surface area (Å²) in [6.45, 7) is 7.12. The molecule has 0 spiro atoms. The van der Waals surface area contributed by atoms with Crippen LogP contribution in [-0.2, 0) is 16.6 Å². The maximum atomic E-state index is 12.5. The lowest BCUT2D eigenvalue weighted by molar-refractivity contribution is 0.0914. The third kappa shape index (κ3) is 6.29. The molecule has 7 nitrogen and oxygen atoms in total. The maximum absolute atomic E-state index is 12.5. The number of sulfonamides is 1. The summed E-state index contributed by atoms with van der Waals surface area (Å²) in [6.07, 6.45) is 5.53. The minimum atomic E-state index is -3.68. The van der Waals surface area contributed by atoms with Crippen LogP contribution >= 0.6 is 0 Å². The molecule has 1 aromatic carbocycles. The second-order valence-electron chi connectivity index (χ2n) is 7.76. The normalized spacial score (nSPS) is 15.7. The topological polar surface area (TPSA) is 91.7 Å². The van der Waals surface area contributed by atoms with Crippen LogP contribution in [0.4, 0.5) is 0 Å². The summed E-state index contributed by atoms with van der Waals surface area (Å²) >= 11 is 0. The van der Waals surface area contributed by atoms with Crippen LogP contribution in [-0.4, -0.2) is 44.9 Å². The Morgan fingerprint density at radius 2 is 1.87 bits per heavy atom. The Bertz CT molecular complexity index is 954. The van der Waals surface area contributed by atoms with Gasteiger partial charge in [-0.25, -0.2) is 13.1 Å². The van der Waals surface area contributed by atoms with E-state index in [9.17, 15) is 13.2 Å². The van der Waals surface area contributed by atoms with Crippen molar-refractivity contribution in [2.45, 2.75) is 44.2 Å². The van der Waals surface area contributed by atoms with E-state index in [1.165, 1.54) is 24.0 Å². The first-order chi connectivity index (χ1) is 14.3. The lowest BCUT2D eigenvalue weighted by Gasteiger charge is -2.31. The standard InChI is InChI=1S/C22H29N3O4S/c1-17(2)9-12-25-13-10-19(11-14-25)24-22(26)18-5-7-21(8-6-18)30(27,28)23-16-20-4-3-15-29-20/h3-9,15,19,23H,10-14,16H2,1-2H3,(H,24,26). The lowest BCUT2D eigenvalue weighted by atomic mass is 10.0. The van der Waals surface area contributed by atoms with Crippen LogP contribution in [0.15, 0.2) is 63.6 Å². The van der Waals surface area contributed by atoms with Crippen molar-refractivity contribution < 1.29 is 17.6 Å². The highest BCUT2D eigenvalue weighted by atomic mass is 32.2. The summed E-state index contributed by atoms with van der Waals surface area (Å²) in [5.74, 6) is 0.353. The number of piperidine rings is 1. The monoisotopic (exact) mass is 431 g/mol. The molecule has 162 valence electrons. The van der Waals surface area contributed by atoms with Crippen molar-refractivity contribution in [2.75, 3.05) is 19.6 Å². The van der Waals surface area contributed by atoms with Gasteiger partial charge in [0.2, 0.25) is 10.0 Å². The van der Waals surface area contributed by atoms with Crippen LogP contribution in [0.2, 0.25) is 0 Å². The molecule has 1 aromatic heterocycles. The molecule has 0 atom stereocenters. The molecule has 30 heavy (non-hydrogen) atoms. The fourth-order valence-electron chi connectivity index (χ4n) is 3.29. The molecule has 0 radical (unpaired) electrons. The van der Waals surface area contributed by atoms with E-state index in [4.69, 9.17) is 4.42 Å². The van der Waals surface area contributed by atoms with Gasteiger partial charge >= 0.3 is 0 Å². The van der Waals surface area contributed by atoms with E-state index in [1.54, 1.807) is 24.3 Å². The van der Waals surface area contributed by atoms with Crippen LogP contribution in [0.3, 0.4) is 0 Å². The van der Waals surface area contributed by atoms with Crippen LogP contribution in [0.5, 0.6) is 0 Å². The molecule has 2 heterocycles. The number of hydrogen-bond donors (Lipinski definition) is 2. The average molecular weight is 432 g/mol. The fraction of sp³-hybridized carbons (Fsp3) is 0.409. The number of carbonyl (C=O) groups excluding carboxylic acids is 1. The van der Waals surface area contributed by atoms with Gasteiger partial charge in [0.05, 0.1) is 17.7 Å². The first-order valence-electron chi connectivity index (χ1n) is 10.1.